The molecule has 46 heavy (non-hydrogen) atoms. The van der Waals surface area contributed by atoms with Crippen molar-refractivity contribution in [2.75, 3.05) is 24.5 Å². The van der Waals surface area contributed by atoms with E-state index in [9.17, 15) is 18.0 Å². The number of hydrogen-bond donors (Lipinski definition) is 1. The number of nitrogens with one attached hydrogen (secondary N) is 1. The summed E-state index contributed by atoms with van der Waals surface area (Å²) in [7, 11) is -2.64. The van der Waals surface area contributed by atoms with Crippen LogP contribution in [0.25, 0.3) is 0 Å². The molecule has 0 unspecified atom stereocenters. The summed E-state index contributed by atoms with van der Waals surface area (Å²) in [6.45, 7) is 3.74. The Labute approximate surface area is 277 Å². The van der Waals surface area contributed by atoms with E-state index in [2.05, 4.69) is 5.32 Å². The quantitative estimate of drug-likeness (QED) is 0.149. The van der Waals surface area contributed by atoms with E-state index in [1.165, 1.54) is 17.0 Å². The van der Waals surface area contributed by atoms with Crippen LogP contribution >= 0.6 is 11.6 Å². The molecule has 1 atom stereocenters. The third kappa shape index (κ3) is 8.89. The zero-order valence-corrected chi connectivity index (χ0v) is 27.9. The summed E-state index contributed by atoms with van der Waals surface area (Å²) in [5.41, 5.74) is 2.49. The Bertz CT molecular complexity index is 1720. The van der Waals surface area contributed by atoms with Crippen LogP contribution in [0, 0.1) is 6.92 Å². The third-order valence-electron chi connectivity index (χ3n) is 7.63. The van der Waals surface area contributed by atoms with Gasteiger partial charge in [-0.3, -0.25) is 13.9 Å². The minimum absolute atomic E-state index is 0.0367. The van der Waals surface area contributed by atoms with E-state index in [0.29, 0.717) is 28.6 Å². The monoisotopic (exact) mass is 661 g/mol. The largest absolute Gasteiger partial charge is 0.497 e. The zero-order valence-electron chi connectivity index (χ0n) is 26.4. The fourth-order valence-corrected chi connectivity index (χ4v) is 6.89. The number of benzene rings is 4. The highest BCUT2D eigenvalue weighted by atomic mass is 35.5. The number of hydrogen-bond acceptors (Lipinski definition) is 5. The number of aryl methyl sites for hydroxylation is 1. The Morgan fingerprint density at radius 1 is 0.891 bits per heavy atom. The first-order valence-corrected chi connectivity index (χ1v) is 17.0. The summed E-state index contributed by atoms with van der Waals surface area (Å²) in [4.78, 5) is 30.0. The summed E-state index contributed by atoms with van der Waals surface area (Å²) in [5.74, 6) is -0.251. The van der Waals surface area contributed by atoms with Crippen molar-refractivity contribution in [3.8, 4) is 5.75 Å². The molecule has 0 aliphatic rings. The number of methoxy groups -OCH3 is 1. The molecular weight excluding hydrogens is 622 g/mol. The van der Waals surface area contributed by atoms with Crippen LogP contribution in [0.1, 0.15) is 36.5 Å². The first-order valence-electron chi connectivity index (χ1n) is 15.2. The Hall–Kier alpha value is -4.34. The van der Waals surface area contributed by atoms with Gasteiger partial charge in [0, 0.05) is 24.5 Å². The van der Waals surface area contributed by atoms with Crippen molar-refractivity contribution >= 4 is 39.1 Å². The first-order chi connectivity index (χ1) is 22.1. The summed E-state index contributed by atoms with van der Waals surface area (Å²) in [5, 5.41) is 3.44. The van der Waals surface area contributed by atoms with E-state index in [4.69, 9.17) is 16.3 Å². The van der Waals surface area contributed by atoms with Gasteiger partial charge in [-0.15, -0.1) is 0 Å². The Morgan fingerprint density at radius 3 is 2.22 bits per heavy atom. The van der Waals surface area contributed by atoms with Crippen LogP contribution in [0.3, 0.4) is 0 Å². The molecule has 0 aliphatic heterocycles. The van der Waals surface area contributed by atoms with E-state index >= 15 is 0 Å². The van der Waals surface area contributed by atoms with Crippen molar-refractivity contribution in [3.63, 3.8) is 0 Å². The van der Waals surface area contributed by atoms with Crippen molar-refractivity contribution in [2.45, 2.75) is 50.6 Å². The minimum atomic E-state index is -4.20. The normalized spacial score (nSPS) is 11.8. The van der Waals surface area contributed by atoms with Crippen molar-refractivity contribution in [1.29, 1.82) is 0 Å². The predicted molar refractivity (Wildman–Crippen MR) is 183 cm³/mol. The highest BCUT2D eigenvalue weighted by Crippen LogP contribution is 2.30. The molecule has 0 fully saturated rings. The number of sulfonamides is 1. The molecule has 0 radical (unpaired) electrons. The maximum atomic E-state index is 14.6. The molecule has 8 nitrogen and oxygen atoms in total. The number of ether oxygens (including phenoxy) is 1. The van der Waals surface area contributed by atoms with E-state index in [1.807, 2.05) is 49.4 Å². The van der Waals surface area contributed by atoms with Gasteiger partial charge in [0.2, 0.25) is 11.8 Å². The van der Waals surface area contributed by atoms with E-state index in [1.54, 1.807) is 62.6 Å². The van der Waals surface area contributed by atoms with Crippen molar-refractivity contribution in [3.05, 3.63) is 125 Å². The van der Waals surface area contributed by atoms with Crippen LogP contribution in [-0.2, 0) is 32.6 Å². The van der Waals surface area contributed by atoms with Gasteiger partial charge < -0.3 is 15.0 Å². The second-order valence-electron chi connectivity index (χ2n) is 11.0. The molecule has 0 spiro atoms. The molecule has 0 bridgehead atoms. The topological polar surface area (TPSA) is 96.0 Å². The molecule has 2 amide bonds. The van der Waals surface area contributed by atoms with Crippen LogP contribution in [-0.4, -0.2) is 51.4 Å². The molecule has 10 heteroatoms. The number of rotatable bonds is 15. The Kier molecular flexibility index (Phi) is 12.2. The number of nitrogens with zero attached hydrogens (tertiary/aromatic N) is 2. The first kappa shape index (κ1) is 34.5. The average Bonchev–Trinajstić information content (AvgIpc) is 3.06. The van der Waals surface area contributed by atoms with Gasteiger partial charge in [-0.1, -0.05) is 85.6 Å². The van der Waals surface area contributed by atoms with Crippen molar-refractivity contribution in [2.24, 2.45) is 0 Å². The molecular formula is C36H40ClN3O5S. The van der Waals surface area contributed by atoms with Gasteiger partial charge in [-0.05, 0) is 72.5 Å². The van der Waals surface area contributed by atoms with Gasteiger partial charge in [0.1, 0.15) is 18.3 Å². The number of carbonyl (C=O) groups excluding carboxylic acids is 2. The summed E-state index contributed by atoms with van der Waals surface area (Å²) in [6, 6.07) is 28.6. The summed E-state index contributed by atoms with van der Waals surface area (Å²) >= 11 is 6.23. The van der Waals surface area contributed by atoms with Crippen LogP contribution in [0.4, 0.5) is 5.69 Å². The maximum absolute atomic E-state index is 14.6. The molecule has 0 aliphatic carbocycles. The van der Waals surface area contributed by atoms with Crippen LogP contribution in [0.2, 0.25) is 5.02 Å². The van der Waals surface area contributed by atoms with Crippen LogP contribution < -0.4 is 14.4 Å². The number of carbonyl (C=O) groups is 2. The highest BCUT2D eigenvalue weighted by molar-refractivity contribution is 7.92. The molecule has 4 aromatic rings. The van der Waals surface area contributed by atoms with Crippen LogP contribution in [0.15, 0.2) is 108 Å². The smallest absolute Gasteiger partial charge is 0.264 e. The number of amides is 2. The summed E-state index contributed by atoms with van der Waals surface area (Å²) < 4.78 is 34.9. The van der Waals surface area contributed by atoms with Crippen molar-refractivity contribution in [1.82, 2.24) is 10.2 Å². The van der Waals surface area contributed by atoms with Gasteiger partial charge in [0.25, 0.3) is 10.0 Å². The van der Waals surface area contributed by atoms with Crippen molar-refractivity contribution < 1.29 is 22.7 Å². The second-order valence-corrected chi connectivity index (χ2v) is 13.3. The molecule has 1 N–H and O–H groups in total. The van der Waals surface area contributed by atoms with E-state index in [0.717, 1.165) is 28.3 Å². The minimum Gasteiger partial charge on any atom is -0.497 e. The van der Waals surface area contributed by atoms with Gasteiger partial charge in [0.05, 0.1) is 17.7 Å². The number of unbranched alkanes of at least 4 members (excludes halogenated alkanes) is 1. The lowest BCUT2D eigenvalue weighted by atomic mass is 10.0. The van der Waals surface area contributed by atoms with Gasteiger partial charge >= 0.3 is 0 Å². The maximum Gasteiger partial charge on any atom is 0.264 e. The molecule has 0 saturated carbocycles. The average molecular weight is 662 g/mol. The second kappa shape index (κ2) is 16.3. The SMILES string of the molecule is CCCCNC(=O)[C@H](Cc1ccccc1)N(Cc1cccc(OC)c1)C(=O)CN(c1ccc(Cl)cc1C)S(=O)(=O)c1ccccc1. The lowest BCUT2D eigenvalue weighted by molar-refractivity contribution is -0.140. The molecule has 0 heterocycles. The van der Waals surface area contributed by atoms with E-state index < -0.39 is 28.5 Å². The number of anilines is 1. The number of halogens is 1. The predicted octanol–water partition coefficient (Wildman–Crippen LogP) is 6.41. The molecule has 4 rings (SSSR count). The molecule has 242 valence electrons. The zero-order chi connectivity index (χ0) is 33.1. The fourth-order valence-electron chi connectivity index (χ4n) is 5.16. The van der Waals surface area contributed by atoms with Gasteiger partial charge in [0.15, 0.2) is 0 Å². The molecule has 4 aromatic carbocycles. The fraction of sp³-hybridized carbons (Fsp3) is 0.278. The van der Waals surface area contributed by atoms with Gasteiger partial charge in [-0.25, -0.2) is 8.42 Å². The Morgan fingerprint density at radius 2 is 1.57 bits per heavy atom. The highest BCUT2D eigenvalue weighted by Gasteiger charge is 2.35. The standard InChI is InChI=1S/C36H40ClN3O5S/c1-4-5-21-38-36(42)34(24-28-13-8-6-9-14-28)39(25-29-15-12-16-31(23-29)45-3)35(41)26-40(33-20-19-30(37)22-27(33)2)46(43,44)32-17-10-7-11-18-32/h6-20,22-23,34H,4-5,21,24-26H2,1-3H3,(H,38,42)/t34-/m0/s1. The van der Waals surface area contributed by atoms with E-state index in [-0.39, 0.29) is 23.8 Å². The Balaban J connectivity index is 1.81. The summed E-state index contributed by atoms with van der Waals surface area (Å²) in [6.07, 6.45) is 1.91. The molecule has 0 saturated heterocycles. The third-order valence-corrected chi connectivity index (χ3v) is 9.63. The molecule has 0 aromatic heterocycles. The lowest BCUT2D eigenvalue weighted by Crippen LogP contribution is -2.53. The lowest BCUT2D eigenvalue weighted by Gasteiger charge is -2.34. The van der Waals surface area contributed by atoms with Gasteiger partial charge in [-0.2, -0.15) is 0 Å². The van der Waals surface area contributed by atoms with Crippen LogP contribution in [0.5, 0.6) is 5.75 Å².